The van der Waals surface area contributed by atoms with Gasteiger partial charge in [-0.15, -0.1) is 0 Å². The van der Waals surface area contributed by atoms with Gasteiger partial charge in [-0.3, -0.25) is 19.7 Å². The Hall–Kier alpha value is -2.64. The van der Waals surface area contributed by atoms with E-state index in [-0.39, 0.29) is 23.8 Å². The van der Waals surface area contributed by atoms with Gasteiger partial charge in [0.1, 0.15) is 5.54 Å². The predicted octanol–water partition coefficient (Wildman–Crippen LogP) is 2.98. The molecule has 2 fully saturated rings. The number of anilines is 2. The number of carbonyl (C=O) groups is 3. The van der Waals surface area contributed by atoms with Gasteiger partial charge >= 0.3 is 0 Å². The van der Waals surface area contributed by atoms with Crippen LogP contribution in [0.3, 0.4) is 0 Å². The van der Waals surface area contributed by atoms with Crippen molar-refractivity contribution in [1.82, 2.24) is 5.32 Å². The fourth-order valence-corrected chi connectivity index (χ4v) is 5.96. The van der Waals surface area contributed by atoms with E-state index in [9.17, 15) is 14.4 Å². The molecule has 0 aromatic heterocycles. The van der Waals surface area contributed by atoms with Gasteiger partial charge in [0.2, 0.25) is 17.7 Å². The van der Waals surface area contributed by atoms with Crippen LogP contribution in [0.1, 0.15) is 23.1 Å². The van der Waals surface area contributed by atoms with Crippen LogP contribution in [-0.2, 0) is 19.9 Å². The van der Waals surface area contributed by atoms with Crippen LogP contribution in [0, 0.1) is 25.7 Å². The number of fused-ring (bicyclic) bond motifs is 4. The Labute approximate surface area is 185 Å². The Balaban J connectivity index is 1.67. The number of aryl methyl sites for hydroxylation is 1. The van der Waals surface area contributed by atoms with Crippen molar-refractivity contribution in [3.05, 3.63) is 59.2 Å². The fourth-order valence-electron chi connectivity index (χ4n) is 5.47. The molecule has 160 valence electrons. The summed E-state index contributed by atoms with van der Waals surface area (Å²) >= 11 is 1.69. The summed E-state index contributed by atoms with van der Waals surface area (Å²) in [6, 6.07) is 12.9. The molecule has 31 heavy (non-hydrogen) atoms. The monoisotopic (exact) mass is 435 g/mol. The number of hydrogen-bond donors (Lipinski definition) is 2. The summed E-state index contributed by atoms with van der Waals surface area (Å²) < 4.78 is 0. The van der Waals surface area contributed by atoms with E-state index in [1.54, 1.807) is 11.8 Å². The highest BCUT2D eigenvalue weighted by molar-refractivity contribution is 7.98. The summed E-state index contributed by atoms with van der Waals surface area (Å²) in [7, 11) is 0. The van der Waals surface area contributed by atoms with Gasteiger partial charge in [0.05, 0.1) is 17.5 Å². The second kappa shape index (κ2) is 7.21. The van der Waals surface area contributed by atoms with Gasteiger partial charge in [0.25, 0.3) is 0 Å². The maximum atomic E-state index is 13.9. The van der Waals surface area contributed by atoms with Crippen molar-refractivity contribution in [2.45, 2.75) is 31.8 Å². The van der Waals surface area contributed by atoms with Gasteiger partial charge in [0, 0.05) is 17.3 Å². The lowest BCUT2D eigenvalue weighted by Gasteiger charge is -2.30. The summed E-state index contributed by atoms with van der Waals surface area (Å²) in [6.07, 6.45) is 2.73. The molecule has 3 aliphatic heterocycles. The standard InChI is InChI=1S/C24H25N3O3S/c1-13-7-6-10-18(14(13)2)27-21(28)19-17(11-12-31-3)26-24(20(19)22(27)29)15-8-4-5-9-16(15)25-23(24)30/h4-10,17,19-20,26H,11-12H2,1-3H3,(H,25,30)/t17-,19+,20-,24-/m0/s1. The number of para-hydroxylation sites is 1. The molecule has 0 unspecified atom stereocenters. The van der Waals surface area contributed by atoms with Crippen LogP contribution < -0.4 is 15.5 Å². The zero-order valence-electron chi connectivity index (χ0n) is 17.8. The summed E-state index contributed by atoms with van der Waals surface area (Å²) in [6.45, 7) is 3.89. The van der Waals surface area contributed by atoms with E-state index in [0.29, 0.717) is 17.8 Å². The number of nitrogens with one attached hydrogen (secondary N) is 2. The molecule has 0 saturated carbocycles. The van der Waals surface area contributed by atoms with Crippen molar-refractivity contribution in [1.29, 1.82) is 0 Å². The number of thioether (sulfide) groups is 1. The van der Waals surface area contributed by atoms with E-state index < -0.39 is 17.4 Å². The Morgan fingerprint density at radius 2 is 1.81 bits per heavy atom. The Morgan fingerprint density at radius 1 is 1.03 bits per heavy atom. The van der Waals surface area contributed by atoms with Gasteiger partial charge in [-0.2, -0.15) is 11.8 Å². The second-order valence-corrected chi connectivity index (χ2v) is 9.56. The first kappa shape index (κ1) is 20.3. The van der Waals surface area contributed by atoms with Crippen LogP contribution >= 0.6 is 11.8 Å². The van der Waals surface area contributed by atoms with Crippen LogP contribution in [0.5, 0.6) is 0 Å². The maximum Gasteiger partial charge on any atom is 0.250 e. The fraction of sp³-hybridized carbons (Fsp3) is 0.375. The molecular formula is C24H25N3O3S. The second-order valence-electron chi connectivity index (χ2n) is 8.57. The third-order valence-corrected chi connectivity index (χ3v) is 7.72. The van der Waals surface area contributed by atoms with Crippen molar-refractivity contribution in [3.63, 3.8) is 0 Å². The molecule has 1 spiro atoms. The molecule has 2 saturated heterocycles. The molecule has 2 N–H and O–H groups in total. The topological polar surface area (TPSA) is 78.5 Å². The van der Waals surface area contributed by atoms with Gasteiger partial charge in [-0.05, 0) is 55.5 Å². The van der Waals surface area contributed by atoms with Gasteiger partial charge < -0.3 is 5.32 Å². The van der Waals surface area contributed by atoms with Crippen molar-refractivity contribution >= 4 is 40.9 Å². The smallest absolute Gasteiger partial charge is 0.250 e. The summed E-state index contributed by atoms with van der Waals surface area (Å²) in [5, 5.41) is 6.42. The van der Waals surface area contributed by atoms with Crippen LogP contribution in [0.15, 0.2) is 42.5 Å². The van der Waals surface area contributed by atoms with Gasteiger partial charge in [-0.1, -0.05) is 30.3 Å². The van der Waals surface area contributed by atoms with Crippen molar-refractivity contribution in [2.75, 3.05) is 22.2 Å². The third kappa shape index (κ3) is 2.66. The van der Waals surface area contributed by atoms with E-state index in [0.717, 1.165) is 22.4 Å². The van der Waals surface area contributed by atoms with Crippen molar-refractivity contribution in [3.8, 4) is 0 Å². The average molecular weight is 436 g/mol. The number of carbonyl (C=O) groups excluding carboxylic acids is 3. The number of benzene rings is 2. The van der Waals surface area contributed by atoms with Crippen molar-refractivity contribution < 1.29 is 14.4 Å². The average Bonchev–Trinajstić information content (AvgIpc) is 3.34. The Bertz CT molecular complexity index is 1120. The SMILES string of the molecule is CSCC[C@@H]1N[C@]2(C(=O)Nc3ccccc32)[C@@H]2C(=O)N(c3cccc(C)c3C)C(=O)[C@H]12. The molecule has 4 atom stereocenters. The number of rotatable bonds is 4. The minimum atomic E-state index is -1.22. The van der Waals surface area contributed by atoms with Crippen LogP contribution in [-0.4, -0.2) is 35.8 Å². The first-order valence-electron chi connectivity index (χ1n) is 10.5. The van der Waals surface area contributed by atoms with E-state index in [1.165, 1.54) is 4.90 Å². The predicted molar refractivity (Wildman–Crippen MR) is 122 cm³/mol. The Morgan fingerprint density at radius 3 is 2.58 bits per heavy atom. The summed E-state index contributed by atoms with van der Waals surface area (Å²) in [5.41, 5.74) is 2.79. The van der Waals surface area contributed by atoms with Crippen LogP contribution in [0.2, 0.25) is 0 Å². The van der Waals surface area contributed by atoms with Crippen LogP contribution in [0.4, 0.5) is 11.4 Å². The molecule has 0 radical (unpaired) electrons. The molecule has 7 heteroatoms. The third-order valence-electron chi connectivity index (χ3n) is 7.07. The van der Waals surface area contributed by atoms with Gasteiger partial charge in [0.15, 0.2) is 0 Å². The first-order valence-corrected chi connectivity index (χ1v) is 11.9. The zero-order chi connectivity index (χ0) is 21.9. The lowest BCUT2D eigenvalue weighted by atomic mass is 9.76. The molecule has 2 aromatic rings. The Kier molecular flexibility index (Phi) is 4.71. The normalized spacial score (nSPS) is 28.9. The number of amides is 3. The molecule has 5 rings (SSSR count). The molecular weight excluding hydrogens is 410 g/mol. The summed E-state index contributed by atoms with van der Waals surface area (Å²) in [4.78, 5) is 42.3. The highest BCUT2D eigenvalue weighted by Crippen LogP contribution is 2.54. The molecule has 2 aromatic carbocycles. The van der Waals surface area contributed by atoms with Gasteiger partial charge in [-0.25, -0.2) is 4.90 Å². The lowest BCUT2D eigenvalue weighted by Crippen LogP contribution is -2.53. The summed E-state index contributed by atoms with van der Waals surface area (Å²) in [5.74, 6) is -1.26. The number of nitrogens with zero attached hydrogens (tertiary/aromatic N) is 1. The molecule has 6 nitrogen and oxygen atoms in total. The van der Waals surface area contributed by atoms with E-state index >= 15 is 0 Å². The number of imide groups is 1. The number of hydrogen-bond acceptors (Lipinski definition) is 5. The minimum absolute atomic E-state index is 0.212. The van der Waals surface area contributed by atoms with E-state index in [2.05, 4.69) is 10.6 Å². The largest absolute Gasteiger partial charge is 0.324 e. The molecule has 0 aliphatic carbocycles. The van der Waals surface area contributed by atoms with Crippen LogP contribution in [0.25, 0.3) is 0 Å². The lowest BCUT2D eigenvalue weighted by molar-refractivity contribution is -0.130. The van der Waals surface area contributed by atoms with E-state index in [4.69, 9.17) is 0 Å². The minimum Gasteiger partial charge on any atom is -0.324 e. The molecule has 3 aliphatic rings. The zero-order valence-corrected chi connectivity index (χ0v) is 18.6. The maximum absolute atomic E-state index is 13.9. The highest BCUT2D eigenvalue weighted by atomic mass is 32.2. The molecule has 0 bridgehead atoms. The quantitative estimate of drug-likeness (QED) is 0.722. The molecule has 3 heterocycles. The highest BCUT2D eigenvalue weighted by Gasteiger charge is 2.70. The van der Waals surface area contributed by atoms with E-state index in [1.807, 2.05) is 62.6 Å². The van der Waals surface area contributed by atoms with Crippen molar-refractivity contribution in [2.24, 2.45) is 11.8 Å². The molecule has 3 amide bonds. The first-order chi connectivity index (χ1) is 14.9.